The van der Waals surface area contributed by atoms with Gasteiger partial charge in [-0.3, -0.25) is 9.36 Å². The van der Waals surface area contributed by atoms with Gasteiger partial charge in [-0.25, -0.2) is 13.2 Å². The molecule has 1 aliphatic carbocycles. The number of oxazole rings is 1. The second-order valence-electron chi connectivity index (χ2n) is 8.10. The van der Waals surface area contributed by atoms with Gasteiger partial charge in [0, 0.05) is 19.2 Å². The first kappa shape index (κ1) is 21.6. The molecule has 1 aromatic heterocycles. The summed E-state index contributed by atoms with van der Waals surface area (Å²) >= 11 is 0. The molecule has 3 rings (SSSR count). The van der Waals surface area contributed by atoms with Crippen LogP contribution in [0.2, 0.25) is 0 Å². The Hall–Kier alpha value is -2.13. The summed E-state index contributed by atoms with van der Waals surface area (Å²) in [6.45, 7) is 3.61. The predicted molar refractivity (Wildman–Crippen MR) is 110 cm³/mol. The zero-order valence-corrected chi connectivity index (χ0v) is 17.9. The van der Waals surface area contributed by atoms with E-state index in [1.54, 1.807) is 20.9 Å². The van der Waals surface area contributed by atoms with Crippen molar-refractivity contribution in [1.29, 1.82) is 0 Å². The molecule has 9 heteroatoms. The van der Waals surface area contributed by atoms with Crippen LogP contribution in [-0.2, 0) is 21.9 Å². The zero-order valence-electron chi connectivity index (χ0n) is 17.1. The number of carbonyl (C=O) groups is 1. The Balaban J connectivity index is 1.79. The van der Waals surface area contributed by atoms with E-state index in [1.165, 1.54) is 35.6 Å². The number of nitrogens with zero attached hydrogens (tertiary/aromatic N) is 1. The Labute approximate surface area is 170 Å². The van der Waals surface area contributed by atoms with Gasteiger partial charge in [-0.1, -0.05) is 39.5 Å². The maximum atomic E-state index is 12.9. The number of aromatic nitrogens is 1. The van der Waals surface area contributed by atoms with E-state index in [0.29, 0.717) is 5.52 Å². The molecule has 0 saturated heterocycles. The average Bonchev–Trinajstić information content (AvgIpc) is 2.83. The van der Waals surface area contributed by atoms with E-state index in [2.05, 4.69) is 10.0 Å². The highest BCUT2D eigenvalue weighted by Crippen LogP contribution is 2.20. The molecule has 0 radical (unpaired) electrons. The molecule has 1 heterocycles. The molecule has 1 atom stereocenters. The highest BCUT2D eigenvalue weighted by molar-refractivity contribution is 7.89. The predicted octanol–water partition coefficient (Wildman–Crippen LogP) is 2.27. The summed E-state index contributed by atoms with van der Waals surface area (Å²) in [7, 11) is -2.43. The van der Waals surface area contributed by atoms with Crippen molar-refractivity contribution in [3.05, 3.63) is 28.7 Å². The quantitative estimate of drug-likeness (QED) is 0.693. The van der Waals surface area contributed by atoms with Crippen molar-refractivity contribution in [2.24, 2.45) is 13.0 Å². The van der Waals surface area contributed by atoms with E-state index in [9.17, 15) is 18.0 Å². The molecule has 29 heavy (non-hydrogen) atoms. The van der Waals surface area contributed by atoms with Crippen LogP contribution in [0.3, 0.4) is 0 Å². The number of sulfonamides is 1. The number of hydrogen-bond acceptors (Lipinski definition) is 5. The Morgan fingerprint density at radius 3 is 2.45 bits per heavy atom. The average molecular weight is 424 g/mol. The minimum atomic E-state index is -3.97. The van der Waals surface area contributed by atoms with E-state index < -0.39 is 21.8 Å². The number of nitrogens with one attached hydrogen (secondary N) is 2. The molecule has 1 aliphatic rings. The van der Waals surface area contributed by atoms with Crippen molar-refractivity contribution in [3.8, 4) is 0 Å². The molecule has 1 amide bonds. The number of rotatable bonds is 6. The van der Waals surface area contributed by atoms with Crippen LogP contribution >= 0.6 is 0 Å². The maximum absolute atomic E-state index is 12.9. The standard InChI is InChI=1S/C20H29N3O5S/c1-13(2)18(19(24)21-14-8-6-4-5-7-9-14)22-29(26,27)15-10-11-16-17(12-15)28-20(25)23(16)3/h10-14,18,22H,4-9H2,1-3H3,(H,21,24)/t18-/m1/s1. The third kappa shape index (κ3) is 4.90. The lowest BCUT2D eigenvalue weighted by Crippen LogP contribution is -2.51. The summed E-state index contributed by atoms with van der Waals surface area (Å²) in [6, 6.07) is 3.43. The number of fused-ring (bicyclic) bond motifs is 1. The Morgan fingerprint density at radius 2 is 1.83 bits per heavy atom. The number of hydrogen-bond donors (Lipinski definition) is 2. The molecular formula is C20H29N3O5S. The minimum absolute atomic E-state index is 0.0488. The van der Waals surface area contributed by atoms with E-state index in [-0.39, 0.29) is 28.3 Å². The number of amides is 1. The highest BCUT2D eigenvalue weighted by atomic mass is 32.2. The maximum Gasteiger partial charge on any atom is 0.419 e. The van der Waals surface area contributed by atoms with Gasteiger partial charge in [0.1, 0.15) is 6.04 Å². The van der Waals surface area contributed by atoms with Crippen LogP contribution < -0.4 is 15.8 Å². The molecule has 160 valence electrons. The Bertz CT molecular complexity index is 1030. The highest BCUT2D eigenvalue weighted by Gasteiger charge is 2.30. The molecule has 2 N–H and O–H groups in total. The number of benzene rings is 1. The molecule has 0 spiro atoms. The topological polar surface area (TPSA) is 110 Å². The van der Waals surface area contributed by atoms with Crippen LogP contribution in [0.1, 0.15) is 52.4 Å². The molecular weight excluding hydrogens is 394 g/mol. The van der Waals surface area contributed by atoms with Crippen molar-refractivity contribution >= 4 is 27.0 Å². The van der Waals surface area contributed by atoms with Crippen LogP contribution in [-0.4, -0.2) is 31.0 Å². The first-order valence-electron chi connectivity index (χ1n) is 10.1. The molecule has 8 nitrogen and oxygen atoms in total. The third-order valence-corrected chi connectivity index (χ3v) is 6.95. The van der Waals surface area contributed by atoms with Crippen LogP contribution in [0.25, 0.3) is 11.1 Å². The van der Waals surface area contributed by atoms with Gasteiger partial charge in [0.2, 0.25) is 15.9 Å². The number of carbonyl (C=O) groups excluding carboxylic acids is 1. The SMILES string of the molecule is CC(C)[C@@H](NS(=O)(=O)c1ccc2c(c1)oc(=O)n2C)C(=O)NC1CCCCCC1. The van der Waals surface area contributed by atoms with Crippen LogP contribution in [0.15, 0.2) is 32.3 Å². The Morgan fingerprint density at radius 1 is 1.17 bits per heavy atom. The third-order valence-electron chi connectivity index (χ3n) is 5.51. The van der Waals surface area contributed by atoms with Gasteiger partial charge in [0.25, 0.3) is 0 Å². The fourth-order valence-corrected chi connectivity index (χ4v) is 5.08. The second kappa shape index (κ2) is 8.71. The minimum Gasteiger partial charge on any atom is -0.408 e. The second-order valence-corrected chi connectivity index (χ2v) is 9.81. The van der Waals surface area contributed by atoms with Crippen molar-refractivity contribution in [2.45, 2.75) is 69.4 Å². The van der Waals surface area contributed by atoms with E-state index in [4.69, 9.17) is 4.42 Å². The van der Waals surface area contributed by atoms with E-state index in [0.717, 1.165) is 25.7 Å². The van der Waals surface area contributed by atoms with Crippen LogP contribution in [0.5, 0.6) is 0 Å². The van der Waals surface area contributed by atoms with Crippen LogP contribution in [0, 0.1) is 5.92 Å². The molecule has 1 fully saturated rings. The lowest BCUT2D eigenvalue weighted by Gasteiger charge is -2.25. The smallest absolute Gasteiger partial charge is 0.408 e. The van der Waals surface area contributed by atoms with Crippen molar-refractivity contribution in [2.75, 3.05) is 0 Å². The molecule has 2 aromatic rings. The van der Waals surface area contributed by atoms with Gasteiger partial charge in [-0.15, -0.1) is 0 Å². The molecule has 1 saturated carbocycles. The zero-order chi connectivity index (χ0) is 21.2. The summed E-state index contributed by atoms with van der Waals surface area (Å²) in [6.07, 6.45) is 6.34. The first-order valence-corrected chi connectivity index (χ1v) is 11.6. The van der Waals surface area contributed by atoms with E-state index in [1.807, 2.05) is 0 Å². The lowest BCUT2D eigenvalue weighted by atomic mass is 10.0. The normalized spacial score (nSPS) is 17.4. The number of aryl methyl sites for hydroxylation is 1. The lowest BCUT2D eigenvalue weighted by molar-refractivity contribution is -0.124. The monoisotopic (exact) mass is 423 g/mol. The summed E-state index contributed by atoms with van der Waals surface area (Å²) in [5, 5.41) is 3.03. The summed E-state index contributed by atoms with van der Waals surface area (Å²) in [5.41, 5.74) is 0.685. The van der Waals surface area contributed by atoms with Crippen molar-refractivity contribution in [1.82, 2.24) is 14.6 Å². The van der Waals surface area contributed by atoms with Gasteiger partial charge in [0.05, 0.1) is 10.4 Å². The van der Waals surface area contributed by atoms with Gasteiger partial charge in [-0.05, 0) is 30.9 Å². The van der Waals surface area contributed by atoms with Gasteiger partial charge in [-0.2, -0.15) is 4.72 Å². The van der Waals surface area contributed by atoms with Gasteiger partial charge >= 0.3 is 5.76 Å². The summed E-state index contributed by atoms with van der Waals surface area (Å²) < 4.78 is 34.8. The molecule has 0 bridgehead atoms. The van der Waals surface area contributed by atoms with Gasteiger partial charge < -0.3 is 9.73 Å². The fourth-order valence-electron chi connectivity index (χ4n) is 3.72. The molecule has 1 aromatic carbocycles. The van der Waals surface area contributed by atoms with Crippen molar-refractivity contribution in [3.63, 3.8) is 0 Å². The molecule has 0 unspecified atom stereocenters. The Kier molecular flexibility index (Phi) is 6.48. The largest absolute Gasteiger partial charge is 0.419 e. The van der Waals surface area contributed by atoms with E-state index >= 15 is 0 Å². The fraction of sp³-hybridized carbons (Fsp3) is 0.600. The summed E-state index contributed by atoms with van der Waals surface area (Å²) in [5.74, 6) is -1.10. The molecule has 0 aliphatic heterocycles. The van der Waals surface area contributed by atoms with Crippen LogP contribution in [0.4, 0.5) is 0 Å². The van der Waals surface area contributed by atoms with Gasteiger partial charge in [0.15, 0.2) is 5.58 Å². The first-order chi connectivity index (χ1) is 13.7. The summed E-state index contributed by atoms with van der Waals surface area (Å²) in [4.78, 5) is 24.4. The van der Waals surface area contributed by atoms with Crippen molar-refractivity contribution < 1.29 is 17.6 Å².